The molecule has 0 amide bonds. The first-order valence-corrected chi connectivity index (χ1v) is 5.38. The van der Waals surface area contributed by atoms with Gasteiger partial charge in [-0.15, -0.1) is 10.2 Å². The molecule has 1 aliphatic rings. The third-order valence-corrected chi connectivity index (χ3v) is 2.82. The van der Waals surface area contributed by atoms with E-state index in [2.05, 4.69) is 21.7 Å². The Bertz CT molecular complexity index is 314. The Kier molecular flexibility index (Phi) is 2.54. The third-order valence-electron chi connectivity index (χ3n) is 2.82. The first kappa shape index (κ1) is 9.65. The van der Waals surface area contributed by atoms with Crippen molar-refractivity contribution in [3.05, 3.63) is 11.6 Å². The first-order chi connectivity index (χ1) is 6.74. The second-order valence-electron chi connectivity index (χ2n) is 4.14. The van der Waals surface area contributed by atoms with E-state index in [0.29, 0.717) is 5.92 Å². The summed E-state index contributed by atoms with van der Waals surface area (Å²) >= 11 is 0. The summed E-state index contributed by atoms with van der Waals surface area (Å²) in [4.78, 5) is 0. The van der Waals surface area contributed by atoms with Crippen molar-refractivity contribution in [2.24, 2.45) is 12.8 Å². The zero-order valence-electron chi connectivity index (χ0n) is 8.90. The Morgan fingerprint density at radius 2 is 2.21 bits per heavy atom. The van der Waals surface area contributed by atoms with E-state index in [0.717, 1.165) is 24.5 Å². The zero-order chi connectivity index (χ0) is 10.1. The SMILES string of the molecule is CCCC(N)c1nnc(C2CC2)n1C. The average Bonchev–Trinajstić information content (AvgIpc) is 2.91. The van der Waals surface area contributed by atoms with Crippen molar-refractivity contribution in [3.8, 4) is 0 Å². The highest BCUT2D eigenvalue weighted by Gasteiger charge is 2.29. The van der Waals surface area contributed by atoms with Gasteiger partial charge in [-0.1, -0.05) is 13.3 Å². The topological polar surface area (TPSA) is 56.7 Å². The summed E-state index contributed by atoms with van der Waals surface area (Å²) in [7, 11) is 2.03. The van der Waals surface area contributed by atoms with E-state index in [1.807, 2.05) is 7.05 Å². The van der Waals surface area contributed by atoms with Crippen LogP contribution in [0.5, 0.6) is 0 Å². The summed E-state index contributed by atoms with van der Waals surface area (Å²) in [6, 6.07) is 0.0463. The van der Waals surface area contributed by atoms with Crippen LogP contribution in [0.1, 0.15) is 56.2 Å². The minimum atomic E-state index is 0.0463. The van der Waals surface area contributed by atoms with Crippen molar-refractivity contribution in [3.63, 3.8) is 0 Å². The molecule has 1 aliphatic carbocycles. The van der Waals surface area contributed by atoms with Crippen molar-refractivity contribution in [1.29, 1.82) is 0 Å². The Balaban J connectivity index is 2.17. The molecule has 0 radical (unpaired) electrons. The zero-order valence-corrected chi connectivity index (χ0v) is 8.90. The van der Waals surface area contributed by atoms with Crippen molar-refractivity contribution in [2.45, 2.75) is 44.6 Å². The maximum atomic E-state index is 6.02. The third kappa shape index (κ3) is 1.66. The second kappa shape index (κ2) is 3.69. The standard InChI is InChI=1S/C10H18N4/c1-3-4-8(11)10-13-12-9(14(10)2)7-5-6-7/h7-8H,3-6,11H2,1-2H3. The van der Waals surface area contributed by atoms with Crippen LogP contribution in [0.3, 0.4) is 0 Å². The smallest absolute Gasteiger partial charge is 0.149 e. The molecule has 1 fully saturated rings. The lowest BCUT2D eigenvalue weighted by Crippen LogP contribution is -2.15. The molecule has 1 aromatic heterocycles. The molecular formula is C10H18N4. The molecule has 2 rings (SSSR count). The van der Waals surface area contributed by atoms with Gasteiger partial charge in [0.15, 0.2) is 0 Å². The van der Waals surface area contributed by atoms with Crippen LogP contribution in [0, 0.1) is 0 Å². The molecule has 1 saturated carbocycles. The summed E-state index contributed by atoms with van der Waals surface area (Å²) in [5.41, 5.74) is 6.02. The highest BCUT2D eigenvalue weighted by atomic mass is 15.3. The largest absolute Gasteiger partial charge is 0.321 e. The van der Waals surface area contributed by atoms with Crippen LogP contribution in [0.2, 0.25) is 0 Å². The average molecular weight is 194 g/mol. The van der Waals surface area contributed by atoms with Crippen LogP contribution in [0.4, 0.5) is 0 Å². The Morgan fingerprint density at radius 3 is 2.79 bits per heavy atom. The monoisotopic (exact) mass is 194 g/mol. The first-order valence-electron chi connectivity index (χ1n) is 5.38. The number of rotatable bonds is 4. The molecule has 0 bridgehead atoms. The van der Waals surface area contributed by atoms with Gasteiger partial charge in [-0.2, -0.15) is 0 Å². The maximum Gasteiger partial charge on any atom is 0.149 e. The molecule has 2 N–H and O–H groups in total. The quantitative estimate of drug-likeness (QED) is 0.790. The highest BCUT2D eigenvalue weighted by molar-refractivity contribution is 5.09. The highest BCUT2D eigenvalue weighted by Crippen LogP contribution is 2.39. The molecular weight excluding hydrogens is 176 g/mol. The fraction of sp³-hybridized carbons (Fsp3) is 0.800. The van der Waals surface area contributed by atoms with E-state index >= 15 is 0 Å². The van der Waals surface area contributed by atoms with Gasteiger partial charge >= 0.3 is 0 Å². The lowest BCUT2D eigenvalue weighted by atomic mass is 10.2. The molecule has 1 unspecified atom stereocenters. The van der Waals surface area contributed by atoms with Crippen molar-refractivity contribution in [2.75, 3.05) is 0 Å². The molecule has 0 aliphatic heterocycles. The van der Waals surface area contributed by atoms with E-state index in [-0.39, 0.29) is 6.04 Å². The minimum absolute atomic E-state index is 0.0463. The molecule has 1 atom stereocenters. The van der Waals surface area contributed by atoms with Crippen molar-refractivity contribution >= 4 is 0 Å². The Hall–Kier alpha value is -0.900. The number of aromatic nitrogens is 3. The lowest BCUT2D eigenvalue weighted by Gasteiger charge is -2.09. The van der Waals surface area contributed by atoms with E-state index in [4.69, 9.17) is 5.73 Å². The predicted molar refractivity (Wildman–Crippen MR) is 54.8 cm³/mol. The van der Waals surface area contributed by atoms with E-state index in [9.17, 15) is 0 Å². The number of nitrogens with two attached hydrogens (primary N) is 1. The lowest BCUT2D eigenvalue weighted by molar-refractivity contribution is 0.573. The van der Waals surface area contributed by atoms with Crippen molar-refractivity contribution in [1.82, 2.24) is 14.8 Å². The summed E-state index contributed by atoms with van der Waals surface area (Å²) in [6.07, 6.45) is 4.59. The molecule has 0 spiro atoms. The molecule has 14 heavy (non-hydrogen) atoms. The van der Waals surface area contributed by atoms with Crippen LogP contribution >= 0.6 is 0 Å². The predicted octanol–water partition coefficient (Wildman–Crippen LogP) is 1.49. The van der Waals surface area contributed by atoms with Gasteiger partial charge in [0, 0.05) is 13.0 Å². The summed E-state index contributed by atoms with van der Waals surface area (Å²) in [5, 5.41) is 8.40. The Labute approximate surface area is 84.5 Å². The van der Waals surface area contributed by atoms with Gasteiger partial charge < -0.3 is 10.3 Å². The molecule has 0 saturated heterocycles. The van der Waals surface area contributed by atoms with Crippen LogP contribution in [-0.4, -0.2) is 14.8 Å². The molecule has 4 nitrogen and oxygen atoms in total. The minimum Gasteiger partial charge on any atom is -0.321 e. The van der Waals surface area contributed by atoms with Crippen LogP contribution in [-0.2, 0) is 7.05 Å². The van der Waals surface area contributed by atoms with Gasteiger partial charge in [0.1, 0.15) is 11.6 Å². The molecule has 4 heteroatoms. The van der Waals surface area contributed by atoms with Gasteiger partial charge in [-0.3, -0.25) is 0 Å². The van der Waals surface area contributed by atoms with Crippen LogP contribution in [0.15, 0.2) is 0 Å². The van der Waals surface area contributed by atoms with Crippen LogP contribution < -0.4 is 5.73 Å². The van der Waals surface area contributed by atoms with Crippen molar-refractivity contribution < 1.29 is 0 Å². The summed E-state index contributed by atoms with van der Waals surface area (Å²) in [5.74, 6) is 2.70. The van der Waals surface area contributed by atoms with E-state index in [1.165, 1.54) is 12.8 Å². The van der Waals surface area contributed by atoms with Gasteiger partial charge in [0.2, 0.25) is 0 Å². The normalized spacial score (nSPS) is 18.5. The van der Waals surface area contributed by atoms with Gasteiger partial charge in [0.05, 0.1) is 6.04 Å². The molecule has 1 heterocycles. The van der Waals surface area contributed by atoms with E-state index in [1.54, 1.807) is 0 Å². The number of nitrogens with zero attached hydrogens (tertiary/aromatic N) is 3. The van der Waals surface area contributed by atoms with Gasteiger partial charge in [-0.25, -0.2) is 0 Å². The van der Waals surface area contributed by atoms with Crippen LogP contribution in [0.25, 0.3) is 0 Å². The van der Waals surface area contributed by atoms with E-state index < -0.39 is 0 Å². The van der Waals surface area contributed by atoms with Gasteiger partial charge in [-0.05, 0) is 19.3 Å². The number of hydrogen-bond acceptors (Lipinski definition) is 3. The summed E-state index contributed by atoms with van der Waals surface area (Å²) < 4.78 is 2.08. The summed E-state index contributed by atoms with van der Waals surface area (Å²) in [6.45, 7) is 2.14. The molecule has 1 aromatic rings. The fourth-order valence-electron chi connectivity index (χ4n) is 1.81. The second-order valence-corrected chi connectivity index (χ2v) is 4.14. The molecule has 78 valence electrons. The molecule has 0 aromatic carbocycles. The fourth-order valence-corrected chi connectivity index (χ4v) is 1.81. The maximum absolute atomic E-state index is 6.02. The number of hydrogen-bond donors (Lipinski definition) is 1. The Morgan fingerprint density at radius 1 is 1.50 bits per heavy atom. The van der Waals surface area contributed by atoms with Gasteiger partial charge in [0.25, 0.3) is 0 Å².